The fourth-order valence-corrected chi connectivity index (χ4v) is 5.69. The average Bonchev–Trinajstić information content (AvgIpc) is 2.73. The van der Waals surface area contributed by atoms with E-state index in [1.54, 1.807) is 43.3 Å². The van der Waals surface area contributed by atoms with Gasteiger partial charge in [-0.2, -0.15) is 4.31 Å². The Morgan fingerprint density at radius 3 is 2.30 bits per heavy atom. The summed E-state index contributed by atoms with van der Waals surface area (Å²) >= 11 is 3.32. The van der Waals surface area contributed by atoms with Gasteiger partial charge in [0.15, 0.2) is 0 Å². The molecule has 1 atom stereocenters. The van der Waals surface area contributed by atoms with E-state index in [-0.39, 0.29) is 35.2 Å². The first-order valence-corrected chi connectivity index (χ1v) is 12.3. The van der Waals surface area contributed by atoms with Gasteiger partial charge in [0.2, 0.25) is 15.9 Å². The van der Waals surface area contributed by atoms with Crippen LogP contribution in [-0.4, -0.2) is 31.2 Å². The molecule has 0 aromatic heterocycles. The van der Waals surface area contributed by atoms with Gasteiger partial charge in [-0.25, -0.2) is 12.8 Å². The van der Waals surface area contributed by atoms with Crippen molar-refractivity contribution in [3.8, 4) is 0 Å². The van der Waals surface area contributed by atoms with Gasteiger partial charge < -0.3 is 5.32 Å². The number of carbonyl (C=O) groups is 1. The predicted molar refractivity (Wildman–Crippen MR) is 118 cm³/mol. The number of sulfonamides is 1. The van der Waals surface area contributed by atoms with E-state index in [0.29, 0.717) is 0 Å². The number of nitrogens with zero attached hydrogens (tertiary/aromatic N) is 1. The first kappa shape index (κ1) is 22.9. The van der Waals surface area contributed by atoms with E-state index in [2.05, 4.69) is 21.2 Å². The summed E-state index contributed by atoms with van der Waals surface area (Å²) in [7, 11) is -3.82. The van der Waals surface area contributed by atoms with E-state index >= 15 is 0 Å². The quantitative estimate of drug-likeness (QED) is 0.599. The van der Waals surface area contributed by atoms with Crippen LogP contribution in [0.4, 0.5) is 4.39 Å². The topological polar surface area (TPSA) is 66.5 Å². The highest BCUT2D eigenvalue weighted by Gasteiger charge is 2.34. The lowest BCUT2D eigenvalue weighted by molar-refractivity contribution is -0.122. The summed E-state index contributed by atoms with van der Waals surface area (Å²) in [5.41, 5.74) is 0.754. The lowest BCUT2D eigenvalue weighted by Gasteiger charge is -2.33. The third-order valence-corrected chi connectivity index (χ3v) is 7.89. The van der Waals surface area contributed by atoms with Crippen molar-refractivity contribution in [1.29, 1.82) is 0 Å². The van der Waals surface area contributed by atoms with Crippen LogP contribution < -0.4 is 5.32 Å². The number of benzene rings is 2. The van der Waals surface area contributed by atoms with E-state index in [0.717, 1.165) is 42.1 Å². The molecule has 8 heteroatoms. The van der Waals surface area contributed by atoms with Crippen molar-refractivity contribution in [2.45, 2.75) is 56.0 Å². The largest absolute Gasteiger partial charge is 0.348 e. The summed E-state index contributed by atoms with van der Waals surface area (Å²) in [6, 6.07) is 11.8. The SMILES string of the molecule is CC(NC(=O)CN(C1CCCCC1)S(=O)(=O)c1ccc(Br)cc1)c1ccc(F)cc1. The number of hydrogen-bond acceptors (Lipinski definition) is 3. The number of hydrogen-bond donors (Lipinski definition) is 1. The molecule has 162 valence electrons. The van der Waals surface area contributed by atoms with Gasteiger partial charge in [0.05, 0.1) is 17.5 Å². The van der Waals surface area contributed by atoms with Crippen LogP contribution in [0.2, 0.25) is 0 Å². The Morgan fingerprint density at radius 2 is 1.70 bits per heavy atom. The van der Waals surface area contributed by atoms with Crippen LogP contribution >= 0.6 is 15.9 Å². The first-order chi connectivity index (χ1) is 14.3. The molecule has 30 heavy (non-hydrogen) atoms. The second kappa shape index (κ2) is 10.0. The van der Waals surface area contributed by atoms with E-state index < -0.39 is 10.0 Å². The van der Waals surface area contributed by atoms with Crippen molar-refractivity contribution >= 4 is 31.9 Å². The molecule has 3 rings (SSSR count). The zero-order valence-electron chi connectivity index (χ0n) is 16.9. The van der Waals surface area contributed by atoms with Crippen LogP contribution in [0, 0.1) is 5.82 Å². The fourth-order valence-electron chi connectivity index (χ4n) is 3.78. The average molecular weight is 497 g/mol. The summed E-state index contributed by atoms with van der Waals surface area (Å²) in [6.45, 7) is 1.55. The van der Waals surface area contributed by atoms with E-state index in [9.17, 15) is 17.6 Å². The highest BCUT2D eigenvalue weighted by molar-refractivity contribution is 9.10. The zero-order valence-corrected chi connectivity index (χ0v) is 19.3. The van der Waals surface area contributed by atoms with Crippen molar-refractivity contribution in [3.05, 3.63) is 64.4 Å². The number of halogens is 2. The molecule has 0 heterocycles. The Morgan fingerprint density at radius 1 is 1.10 bits per heavy atom. The molecular weight excluding hydrogens is 471 g/mol. The smallest absolute Gasteiger partial charge is 0.243 e. The minimum Gasteiger partial charge on any atom is -0.348 e. The van der Waals surface area contributed by atoms with Gasteiger partial charge in [0, 0.05) is 10.5 Å². The fraction of sp³-hybridized carbons (Fsp3) is 0.409. The molecule has 0 spiro atoms. The monoisotopic (exact) mass is 496 g/mol. The molecule has 0 bridgehead atoms. The maximum Gasteiger partial charge on any atom is 0.243 e. The van der Waals surface area contributed by atoms with Crippen molar-refractivity contribution in [2.24, 2.45) is 0 Å². The molecule has 0 aliphatic heterocycles. The first-order valence-electron chi connectivity index (χ1n) is 10.1. The van der Waals surface area contributed by atoms with Crippen LogP contribution in [0.3, 0.4) is 0 Å². The Labute approximate surface area is 185 Å². The minimum atomic E-state index is -3.82. The summed E-state index contributed by atoms with van der Waals surface area (Å²) in [6.07, 6.45) is 4.47. The van der Waals surface area contributed by atoms with Crippen LogP contribution in [0.5, 0.6) is 0 Å². The summed E-state index contributed by atoms with van der Waals surface area (Å²) < 4.78 is 42.0. The summed E-state index contributed by atoms with van der Waals surface area (Å²) in [5.74, 6) is -0.723. The van der Waals surface area contributed by atoms with Crippen LogP contribution in [0.1, 0.15) is 50.6 Å². The Balaban J connectivity index is 1.79. The van der Waals surface area contributed by atoms with E-state index in [1.807, 2.05) is 0 Å². The van der Waals surface area contributed by atoms with Gasteiger partial charge in [-0.1, -0.05) is 47.3 Å². The van der Waals surface area contributed by atoms with Gasteiger partial charge in [-0.15, -0.1) is 0 Å². The lowest BCUT2D eigenvalue weighted by Crippen LogP contribution is -2.47. The lowest BCUT2D eigenvalue weighted by atomic mass is 9.95. The third-order valence-electron chi connectivity index (χ3n) is 5.45. The van der Waals surface area contributed by atoms with Gasteiger partial charge in [-0.05, 0) is 61.7 Å². The highest BCUT2D eigenvalue weighted by atomic mass is 79.9. The summed E-state index contributed by atoms with van der Waals surface area (Å²) in [5, 5.41) is 2.84. The van der Waals surface area contributed by atoms with Crippen molar-refractivity contribution < 1.29 is 17.6 Å². The Hall–Kier alpha value is -1.77. The van der Waals surface area contributed by atoms with Crippen molar-refractivity contribution in [3.63, 3.8) is 0 Å². The van der Waals surface area contributed by atoms with Gasteiger partial charge >= 0.3 is 0 Å². The van der Waals surface area contributed by atoms with Gasteiger partial charge in [0.25, 0.3) is 0 Å². The number of nitrogens with one attached hydrogen (secondary N) is 1. The Bertz CT molecular complexity index is 959. The summed E-state index contributed by atoms with van der Waals surface area (Å²) in [4.78, 5) is 13.0. The molecule has 1 amide bonds. The van der Waals surface area contributed by atoms with E-state index in [1.165, 1.54) is 16.4 Å². The maximum atomic E-state index is 13.4. The van der Waals surface area contributed by atoms with Gasteiger partial charge in [-0.3, -0.25) is 4.79 Å². The molecule has 1 aliphatic rings. The number of amides is 1. The normalized spacial score (nSPS) is 16.4. The highest BCUT2D eigenvalue weighted by Crippen LogP contribution is 2.28. The maximum absolute atomic E-state index is 13.4. The molecule has 2 aromatic rings. The second-order valence-electron chi connectivity index (χ2n) is 7.64. The van der Waals surface area contributed by atoms with Crippen LogP contribution in [0.15, 0.2) is 57.9 Å². The molecule has 1 fully saturated rings. The zero-order chi connectivity index (χ0) is 21.7. The molecular formula is C22H26BrFN2O3S. The number of rotatable bonds is 7. The predicted octanol–water partition coefficient (Wildman–Crippen LogP) is 4.79. The molecule has 0 saturated heterocycles. The van der Waals surface area contributed by atoms with Gasteiger partial charge in [0.1, 0.15) is 5.82 Å². The molecule has 1 saturated carbocycles. The second-order valence-corrected chi connectivity index (χ2v) is 10.4. The molecule has 5 nitrogen and oxygen atoms in total. The van der Waals surface area contributed by atoms with Crippen LogP contribution in [-0.2, 0) is 14.8 Å². The Kier molecular flexibility index (Phi) is 7.65. The van der Waals surface area contributed by atoms with Crippen molar-refractivity contribution in [1.82, 2.24) is 9.62 Å². The molecule has 0 radical (unpaired) electrons. The van der Waals surface area contributed by atoms with E-state index in [4.69, 9.17) is 0 Å². The van der Waals surface area contributed by atoms with Crippen molar-refractivity contribution in [2.75, 3.05) is 6.54 Å². The minimum absolute atomic E-state index is 0.177. The van der Waals surface area contributed by atoms with Crippen LogP contribution in [0.25, 0.3) is 0 Å². The molecule has 1 unspecified atom stereocenters. The molecule has 2 aromatic carbocycles. The number of carbonyl (C=O) groups excluding carboxylic acids is 1. The molecule has 1 N–H and O–H groups in total. The molecule has 1 aliphatic carbocycles. The standard InChI is InChI=1S/C22H26BrFN2O3S/c1-16(17-7-11-19(24)12-8-17)25-22(27)15-26(20-5-3-2-4-6-20)30(28,29)21-13-9-18(23)10-14-21/h7-14,16,20H,2-6,15H2,1H3,(H,25,27). The third kappa shape index (κ3) is 5.68.